The van der Waals surface area contributed by atoms with Crippen LogP contribution < -0.4 is 0 Å². The van der Waals surface area contributed by atoms with E-state index in [-0.39, 0.29) is 6.10 Å². The van der Waals surface area contributed by atoms with E-state index in [0.29, 0.717) is 19.8 Å². The van der Waals surface area contributed by atoms with Gasteiger partial charge in [-0.25, -0.2) is 0 Å². The Morgan fingerprint density at radius 2 is 1.83 bits per heavy atom. The molecule has 0 aromatic rings. The van der Waals surface area contributed by atoms with Crippen molar-refractivity contribution in [2.45, 2.75) is 39.4 Å². The molecule has 0 bridgehead atoms. The van der Waals surface area contributed by atoms with E-state index >= 15 is 0 Å². The number of hydrogen-bond acceptors (Lipinski definition) is 3. The van der Waals surface area contributed by atoms with Gasteiger partial charge in [-0.05, 0) is 20.3 Å². The first-order valence-electron chi connectivity index (χ1n) is 4.63. The molecular weight excluding hydrogens is 156 g/mol. The summed E-state index contributed by atoms with van der Waals surface area (Å²) in [6.45, 7) is 7.48. The van der Waals surface area contributed by atoms with Crippen molar-refractivity contribution in [3.8, 4) is 0 Å². The van der Waals surface area contributed by atoms with Crippen molar-refractivity contribution in [1.29, 1.82) is 0 Å². The van der Waals surface area contributed by atoms with Gasteiger partial charge in [0.1, 0.15) is 6.10 Å². The molecule has 74 valence electrons. The summed E-state index contributed by atoms with van der Waals surface area (Å²) >= 11 is 0. The van der Waals surface area contributed by atoms with Gasteiger partial charge in [-0.1, -0.05) is 6.92 Å². The summed E-state index contributed by atoms with van der Waals surface area (Å²) in [6.07, 6.45) is 0.249. The van der Waals surface area contributed by atoms with Crippen LogP contribution >= 0.6 is 0 Å². The van der Waals surface area contributed by atoms with Gasteiger partial charge in [-0.3, -0.25) is 0 Å². The van der Waals surface area contributed by atoms with Crippen LogP contribution in [0, 0.1) is 0 Å². The summed E-state index contributed by atoms with van der Waals surface area (Å²) in [6, 6.07) is 0. The topological polar surface area (TPSA) is 38.7 Å². The second-order valence-electron chi connectivity index (χ2n) is 2.63. The highest BCUT2D eigenvalue weighted by molar-refractivity contribution is 4.66. The number of hydrogen-bond donors (Lipinski definition) is 1. The zero-order valence-electron chi connectivity index (χ0n) is 8.25. The Hall–Kier alpha value is -0.120. The third-order valence-electron chi connectivity index (χ3n) is 1.71. The maximum absolute atomic E-state index is 9.52. The van der Waals surface area contributed by atoms with Crippen LogP contribution in [0.25, 0.3) is 0 Å². The lowest BCUT2D eigenvalue weighted by atomic mass is 10.1. The van der Waals surface area contributed by atoms with Crippen molar-refractivity contribution >= 4 is 0 Å². The van der Waals surface area contributed by atoms with E-state index in [2.05, 4.69) is 0 Å². The van der Waals surface area contributed by atoms with E-state index in [1.165, 1.54) is 0 Å². The summed E-state index contributed by atoms with van der Waals surface area (Å²) in [4.78, 5) is 0. The zero-order valence-corrected chi connectivity index (χ0v) is 8.25. The molecule has 0 heterocycles. The van der Waals surface area contributed by atoms with Crippen LogP contribution in [0.1, 0.15) is 27.2 Å². The van der Waals surface area contributed by atoms with Crippen LogP contribution in [0.5, 0.6) is 0 Å². The van der Waals surface area contributed by atoms with Crippen molar-refractivity contribution in [3.63, 3.8) is 0 Å². The molecule has 1 N–H and O–H groups in total. The first-order valence-corrected chi connectivity index (χ1v) is 4.63. The fourth-order valence-corrected chi connectivity index (χ4v) is 1.06. The largest absolute Gasteiger partial charge is 0.388 e. The lowest BCUT2D eigenvalue weighted by molar-refractivity contribution is -0.0684. The Morgan fingerprint density at radius 3 is 2.25 bits per heavy atom. The number of ether oxygens (including phenoxy) is 2. The summed E-state index contributed by atoms with van der Waals surface area (Å²) in [7, 11) is 0. The third kappa shape index (κ3) is 4.70. The molecule has 0 aliphatic heterocycles. The summed E-state index contributed by atoms with van der Waals surface area (Å²) in [5.41, 5.74) is 0. The van der Waals surface area contributed by atoms with Gasteiger partial charge in [0, 0.05) is 13.2 Å². The minimum atomic E-state index is -0.491. The van der Waals surface area contributed by atoms with E-state index in [4.69, 9.17) is 9.47 Å². The smallest absolute Gasteiger partial charge is 0.103 e. The molecule has 0 saturated carbocycles. The lowest BCUT2D eigenvalue weighted by Gasteiger charge is -2.20. The number of aliphatic hydroxyl groups excluding tert-OH is 1. The normalized spacial score (nSPS) is 16.0. The Bertz CT molecular complexity index is 95.8. The van der Waals surface area contributed by atoms with Gasteiger partial charge >= 0.3 is 0 Å². The highest BCUT2D eigenvalue weighted by atomic mass is 16.5. The van der Waals surface area contributed by atoms with E-state index in [1.54, 1.807) is 0 Å². The molecule has 0 saturated heterocycles. The molecule has 12 heavy (non-hydrogen) atoms. The average Bonchev–Trinajstić information content (AvgIpc) is 2.10. The first kappa shape index (κ1) is 11.9. The molecule has 3 nitrogen and oxygen atoms in total. The van der Waals surface area contributed by atoms with Crippen LogP contribution in [0.15, 0.2) is 0 Å². The molecule has 0 aliphatic carbocycles. The van der Waals surface area contributed by atoms with Gasteiger partial charge < -0.3 is 14.6 Å². The molecule has 2 atom stereocenters. The predicted molar refractivity (Wildman–Crippen MR) is 48.2 cm³/mol. The monoisotopic (exact) mass is 176 g/mol. The van der Waals surface area contributed by atoms with Crippen LogP contribution in [0.2, 0.25) is 0 Å². The molecule has 3 heteroatoms. The van der Waals surface area contributed by atoms with Gasteiger partial charge in [-0.2, -0.15) is 0 Å². The minimum Gasteiger partial charge on any atom is -0.388 e. The van der Waals surface area contributed by atoms with E-state index < -0.39 is 6.10 Å². The molecule has 0 fully saturated rings. The van der Waals surface area contributed by atoms with E-state index in [9.17, 15) is 5.11 Å². The van der Waals surface area contributed by atoms with Crippen molar-refractivity contribution in [3.05, 3.63) is 0 Å². The quantitative estimate of drug-likeness (QED) is 0.633. The standard InChI is InChI=1S/C9H20O3/c1-4-9(12-6-3)8(10)7-11-5-2/h8-10H,4-7H2,1-3H3. The fraction of sp³-hybridized carbons (Fsp3) is 1.00. The van der Waals surface area contributed by atoms with Gasteiger partial charge in [0.15, 0.2) is 0 Å². The average molecular weight is 176 g/mol. The third-order valence-corrected chi connectivity index (χ3v) is 1.71. The second-order valence-corrected chi connectivity index (χ2v) is 2.63. The second kappa shape index (κ2) is 7.53. The Kier molecular flexibility index (Phi) is 7.45. The highest BCUT2D eigenvalue weighted by Crippen LogP contribution is 2.04. The Morgan fingerprint density at radius 1 is 1.17 bits per heavy atom. The highest BCUT2D eigenvalue weighted by Gasteiger charge is 2.16. The van der Waals surface area contributed by atoms with E-state index in [1.807, 2.05) is 20.8 Å². The summed E-state index contributed by atoms with van der Waals surface area (Å²) in [5, 5.41) is 9.52. The molecule has 0 radical (unpaired) electrons. The van der Waals surface area contributed by atoms with Crippen molar-refractivity contribution in [2.24, 2.45) is 0 Å². The van der Waals surface area contributed by atoms with Crippen LogP contribution in [-0.2, 0) is 9.47 Å². The van der Waals surface area contributed by atoms with Gasteiger partial charge in [0.25, 0.3) is 0 Å². The molecule has 0 aromatic carbocycles. The van der Waals surface area contributed by atoms with E-state index in [0.717, 1.165) is 6.42 Å². The number of rotatable bonds is 7. The van der Waals surface area contributed by atoms with Crippen LogP contribution in [0.3, 0.4) is 0 Å². The molecule has 0 spiro atoms. The van der Waals surface area contributed by atoms with Crippen molar-refractivity contribution < 1.29 is 14.6 Å². The Labute approximate surface area is 74.7 Å². The summed E-state index contributed by atoms with van der Waals surface area (Å²) < 4.78 is 10.4. The molecule has 0 aliphatic rings. The maximum atomic E-state index is 9.52. The molecule has 2 unspecified atom stereocenters. The number of aliphatic hydroxyl groups is 1. The molecule has 0 amide bonds. The van der Waals surface area contributed by atoms with Crippen LogP contribution in [0.4, 0.5) is 0 Å². The van der Waals surface area contributed by atoms with Gasteiger partial charge in [0.05, 0.1) is 12.7 Å². The van der Waals surface area contributed by atoms with Gasteiger partial charge in [0.2, 0.25) is 0 Å². The Balaban J connectivity index is 3.60. The SMILES string of the molecule is CCOCC(O)C(CC)OCC. The minimum absolute atomic E-state index is 0.0819. The lowest BCUT2D eigenvalue weighted by Crippen LogP contribution is -2.32. The predicted octanol–water partition coefficient (Wildman–Crippen LogP) is 1.20. The first-order chi connectivity index (χ1) is 5.76. The molecule has 0 rings (SSSR count). The summed E-state index contributed by atoms with van der Waals surface area (Å²) in [5.74, 6) is 0. The zero-order chi connectivity index (χ0) is 9.40. The molecule has 0 aromatic heterocycles. The fourth-order valence-electron chi connectivity index (χ4n) is 1.06. The van der Waals surface area contributed by atoms with Crippen molar-refractivity contribution in [2.75, 3.05) is 19.8 Å². The van der Waals surface area contributed by atoms with Crippen molar-refractivity contribution in [1.82, 2.24) is 0 Å². The molecular formula is C9H20O3. The van der Waals surface area contributed by atoms with Crippen LogP contribution in [-0.4, -0.2) is 37.1 Å². The van der Waals surface area contributed by atoms with Gasteiger partial charge in [-0.15, -0.1) is 0 Å². The maximum Gasteiger partial charge on any atom is 0.103 e.